The van der Waals surface area contributed by atoms with E-state index in [2.05, 4.69) is 52.5 Å². The summed E-state index contributed by atoms with van der Waals surface area (Å²) >= 11 is 0. The topological polar surface area (TPSA) is 17.0 Å². The standard InChI is InChI=1S/C13H14N2/c1-2-6-13-11(4-1)7-9-15(13)12-5-3-8-14-10-12/h1-2,4-7,9,14H,3,8,10H2. The average molecular weight is 198 g/mol. The Bertz CT molecular complexity index is 508. The van der Waals surface area contributed by atoms with Crippen LogP contribution in [-0.2, 0) is 0 Å². The van der Waals surface area contributed by atoms with Gasteiger partial charge in [-0.15, -0.1) is 0 Å². The summed E-state index contributed by atoms with van der Waals surface area (Å²) in [5.74, 6) is 0. The molecule has 0 bridgehead atoms. The highest BCUT2D eigenvalue weighted by atomic mass is 15.0. The van der Waals surface area contributed by atoms with Gasteiger partial charge in [0.2, 0.25) is 0 Å². The second-order valence-corrected chi connectivity index (χ2v) is 3.91. The zero-order valence-electron chi connectivity index (χ0n) is 8.61. The first-order chi connectivity index (χ1) is 7.45. The Morgan fingerprint density at radius 1 is 1.13 bits per heavy atom. The Morgan fingerprint density at radius 2 is 2.07 bits per heavy atom. The van der Waals surface area contributed by atoms with Crippen LogP contribution in [0, 0.1) is 0 Å². The Morgan fingerprint density at radius 3 is 2.93 bits per heavy atom. The molecule has 0 saturated heterocycles. The fourth-order valence-corrected chi connectivity index (χ4v) is 2.15. The van der Waals surface area contributed by atoms with Crippen molar-refractivity contribution in [1.82, 2.24) is 9.88 Å². The van der Waals surface area contributed by atoms with Gasteiger partial charge in [0.1, 0.15) is 0 Å². The van der Waals surface area contributed by atoms with E-state index < -0.39 is 0 Å². The Hall–Kier alpha value is -1.54. The number of nitrogens with zero attached hydrogens (tertiary/aromatic N) is 1. The predicted octanol–water partition coefficient (Wildman–Crippen LogP) is 2.48. The van der Waals surface area contributed by atoms with Gasteiger partial charge in [-0.3, -0.25) is 0 Å². The second kappa shape index (κ2) is 3.55. The van der Waals surface area contributed by atoms with Crippen molar-refractivity contribution in [3.63, 3.8) is 0 Å². The molecule has 2 aromatic rings. The number of hydrogen-bond acceptors (Lipinski definition) is 1. The van der Waals surface area contributed by atoms with Crippen molar-refractivity contribution in [2.75, 3.05) is 13.1 Å². The summed E-state index contributed by atoms with van der Waals surface area (Å²) in [5.41, 5.74) is 2.66. The van der Waals surface area contributed by atoms with E-state index in [4.69, 9.17) is 0 Å². The smallest absolute Gasteiger partial charge is 0.0525 e. The quantitative estimate of drug-likeness (QED) is 0.745. The highest BCUT2D eigenvalue weighted by Gasteiger charge is 2.07. The van der Waals surface area contributed by atoms with Gasteiger partial charge in [-0.05, 0) is 30.5 Å². The van der Waals surface area contributed by atoms with Crippen molar-refractivity contribution < 1.29 is 0 Å². The molecular formula is C13H14N2. The van der Waals surface area contributed by atoms with Crippen LogP contribution in [0.2, 0.25) is 0 Å². The van der Waals surface area contributed by atoms with Crippen LogP contribution < -0.4 is 5.32 Å². The van der Waals surface area contributed by atoms with E-state index in [1.165, 1.54) is 16.6 Å². The number of para-hydroxylation sites is 1. The van der Waals surface area contributed by atoms with Gasteiger partial charge in [-0.1, -0.05) is 24.3 Å². The Balaban J connectivity index is 2.14. The minimum absolute atomic E-state index is 0.971. The molecule has 0 spiro atoms. The van der Waals surface area contributed by atoms with Crippen LogP contribution in [0.5, 0.6) is 0 Å². The van der Waals surface area contributed by atoms with Crippen LogP contribution in [0.25, 0.3) is 16.6 Å². The molecule has 0 radical (unpaired) electrons. The maximum absolute atomic E-state index is 3.40. The predicted molar refractivity (Wildman–Crippen MR) is 63.7 cm³/mol. The molecular weight excluding hydrogens is 184 g/mol. The second-order valence-electron chi connectivity index (χ2n) is 3.91. The molecule has 2 heteroatoms. The maximum atomic E-state index is 3.40. The van der Waals surface area contributed by atoms with E-state index in [1.807, 2.05) is 0 Å². The van der Waals surface area contributed by atoms with Crippen LogP contribution in [0.4, 0.5) is 0 Å². The number of nitrogens with one attached hydrogen (secondary N) is 1. The minimum atomic E-state index is 0.971. The minimum Gasteiger partial charge on any atom is -0.319 e. The van der Waals surface area contributed by atoms with Gasteiger partial charge in [0.05, 0.1) is 5.52 Å². The lowest BCUT2D eigenvalue weighted by atomic mass is 10.2. The van der Waals surface area contributed by atoms with Crippen molar-refractivity contribution in [3.05, 3.63) is 42.6 Å². The fraction of sp³-hybridized carbons (Fsp3) is 0.231. The van der Waals surface area contributed by atoms with Crippen molar-refractivity contribution >= 4 is 16.6 Å². The molecule has 1 aromatic heterocycles. The zero-order chi connectivity index (χ0) is 10.1. The number of fused-ring (bicyclic) bond motifs is 1. The molecule has 0 fully saturated rings. The van der Waals surface area contributed by atoms with Crippen molar-refractivity contribution in [2.45, 2.75) is 6.42 Å². The fourth-order valence-electron chi connectivity index (χ4n) is 2.15. The molecule has 2 nitrogen and oxygen atoms in total. The van der Waals surface area contributed by atoms with E-state index in [1.54, 1.807) is 0 Å². The van der Waals surface area contributed by atoms with Gasteiger partial charge in [-0.25, -0.2) is 0 Å². The first-order valence-electron chi connectivity index (χ1n) is 5.41. The first kappa shape index (κ1) is 8.74. The van der Waals surface area contributed by atoms with Gasteiger partial charge in [0.15, 0.2) is 0 Å². The van der Waals surface area contributed by atoms with E-state index in [0.717, 1.165) is 19.5 Å². The molecule has 0 aliphatic carbocycles. The van der Waals surface area contributed by atoms with E-state index in [-0.39, 0.29) is 0 Å². The molecule has 1 aliphatic heterocycles. The molecule has 0 amide bonds. The lowest BCUT2D eigenvalue weighted by molar-refractivity contribution is 0.720. The summed E-state index contributed by atoms with van der Waals surface area (Å²) in [6.07, 6.45) is 5.61. The number of hydrogen-bond donors (Lipinski definition) is 1. The molecule has 0 atom stereocenters. The van der Waals surface area contributed by atoms with Crippen LogP contribution in [0.1, 0.15) is 6.42 Å². The van der Waals surface area contributed by atoms with E-state index in [9.17, 15) is 0 Å². The van der Waals surface area contributed by atoms with Crippen molar-refractivity contribution in [3.8, 4) is 0 Å². The molecule has 1 N–H and O–H groups in total. The lowest BCUT2D eigenvalue weighted by Crippen LogP contribution is -2.23. The van der Waals surface area contributed by atoms with Crippen LogP contribution in [0.3, 0.4) is 0 Å². The molecule has 1 aromatic carbocycles. The van der Waals surface area contributed by atoms with Crippen LogP contribution >= 0.6 is 0 Å². The third-order valence-electron chi connectivity index (χ3n) is 2.92. The number of aromatic nitrogens is 1. The van der Waals surface area contributed by atoms with Crippen LogP contribution in [-0.4, -0.2) is 17.7 Å². The molecule has 0 unspecified atom stereocenters. The summed E-state index contributed by atoms with van der Waals surface area (Å²) in [4.78, 5) is 0. The molecule has 15 heavy (non-hydrogen) atoms. The third kappa shape index (κ3) is 1.47. The summed E-state index contributed by atoms with van der Waals surface area (Å²) in [7, 11) is 0. The largest absolute Gasteiger partial charge is 0.319 e. The zero-order valence-corrected chi connectivity index (χ0v) is 8.61. The van der Waals surface area contributed by atoms with Crippen molar-refractivity contribution in [1.29, 1.82) is 0 Å². The summed E-state index contributed by atoms with van der Waals surface area (Å²) in [5, 5.41) is 4.71. The van der Waals surface area contributed by atoms with Gasteiger partial charge in [0.25, 0.3) is 0 Å². The Labute approximate surface area is 89.2 Å². The van der Waals surface area contributed by atoms with Crippen molar-refractivity contribution in [2.24, 2.45) is 0 Å². The summed E-state index contributed by atoms with van der Waals surface area (Å²) in [6.45, 7) is 2.07. The highest BCUT2D eigenvalue weighted by molar-refractivity contribution is 5.83. The highest BCUT2D eigenvalue weighted by Crippen LogP contribution is 2.20. The van der Waals surface area contributed by atoms with Crippen LogP contribution in [0.15, 0.2) is 42.6 Å². The summed E-state index contributed by atoms with van der Waals surface area (Å²) < 4.78 is 2.28. The van der Waals surface area contributed by atoms with E-state index in [0.29, 0.717) is 0 Å². The van der Waals surface area contributed by atoms with Gasteiger partial charge in [-0.2, -0.15) is 0 Å². The summed E-state index contributed by atoms with van der Waals surface area (Å²) in [6, 6.07) is 10.7. The first-order valence-corrected chi connectivity index (χ1v) is 5.41. The molecule has 3 rings (SSSR count). The number of benzene rings is 1. The maximum Gasteiger partial charge on any atom is 0.0525 e. The van der Waals surface area contributed by atoms with Gasteiger partial charge in [0, 0.05) is 18.4 Å². The normalized spacial score (nSPS) is 16.7. The van der Waals surface area contributed by atoms with E-state index >= 15 is 0 Å². The molecule has 0 saturated carbocycles. The molecule has 76 valence electrons. The number of rotatable bonds is 1. The van der Waals surface area contributed by atoms with Gasteiger partial charge < -0.3 is 9.88 Å². The average Bonchev–Trinajstić information content (AvgIpc) is 2.74. The lowest BCUT2D eigenvalue weighted by Gasteiger charge is -2.16. The molecule has 2 heterocycles. The SMILES string of the molecule is C1=C(n2ccc3ccccc32)CNCC1. The Kier molecular flexibility index (Phi) is 2.07. The third-order valence-corrected chi connectivity index (χ3v) is 2.92. The molecule has 1 aliphatic rings. The van der Waals surface area contributed by atoms with Gasteiger partial charge >= 0.3 is 0 Å². The monoisotopic (exact) mass is 198 g/mol.